The molecule has 0 aliphatic rings. The molecule has 1 amide bonds. The summed E-state index contributed by atoms with van der Waals surface area (Å²) in [6.45, 7) is 1.92. The van der Waals surface area contributed by atoms with Crippen LogP contribution in [0.3, 0.4) is 0 Å². The van der Waals surface area contributed by atoms with Gasteiger partial charge in [-0.05, 0) is 42.3 Å². The average molecular weight is 338 g/mol. The van der Waals surface area contributed by atoms with E-state index in [2.05, 4.69) is 5.32 Å². The van der Waals surface area contributed by atoms with Gasteiger partial charge in [-0.3, -0.25) is 4.79 Å². The van der Waals surface area contributed by atoms with E-state index in [1.165, 1.54) is 23.9 Å². The maximum absolute atomic E-state index is 12.8. The number of amides is 1. The number of benzene rings is 2. The van der Waals surface area contributed by atoms with Gasteiger partial charge in [0.25, 0.3) is 0 Å². The molecule has 5 heteroatoms. The molecule has 0 bridgehead atoms. The normalized spacial score (nSPS) is 12.0. The first kappa shape index (κ1) is 16.8. The number of hydrogen-bond donors (Lipinski definition) is 1. The second-order valence-corrected chi connectivity index (χ2v) is 6.39. The van der Waals surface area contributed by atoms with Gasteiger partial charge in [0.15, 0.2) is 0 Å². The SMILES string of the molecule is C[C@H](NC(=O)CSCc1ccc(F)cc1)c1cccc(Cl)c1. The summed E-state index contributed by atoms with van der Waals surface area (Å²) in [6.07, 6.45) is 0. The van der Waals surface area contributed by atoms with Gasteiger partial charge >= 0.3 is 0 Å². The van der Waals surface area contributed by atoms with Crippen molar-refractivity contribution in [1.29, 1.82) is 0 Å². The Bertz CT molecular complexity index is 633. The third-order valence-corrected chi connectivity index (χ3v) is 4.38. The second kappa shape index (κ2) is 8.20. The zero-order chi connectivity index (χ0) is 15.9. The van der Waals surface area contributed by atoms with Gasteiger partial charge in [0.05, 0.1) is 11.8 Å². The lowest BCUT2D eigenvalue weighted by Gasteiger charge is -2.14. The van der Waals surface area contributed by atoms with Crippen LogP contribution in [0.4, 0.5) is 4.39 Å². The Hall–Kier alpha value is -1.52. The molecule has 2 nitrogen and oxygen atoms in total. The molecule has 0 spiro atoms. The number of nitrogens with one attached hydrogen (secondary N) is 1. The Labute approximate surface area is 139 Å². The predicted molar refractivity (Wildman–Crippen MR) is 90.6 cm³/mol. The molecular weight excluding hydrogens is 321 g/mol. The lowest BCUT2D eigenvalue weighted by molar-refractivity contribution is -0.119. The third kappa shape index (κ3) is 5.35. The highest BCUT2D eigenvalue weighted by Gasteiger charge is 2.10. The molecule has 0 aromatic heterocycles. The highest BCUT2D eigenvalue weighted by atomic mass is 35.5. The van der Waals surface area contributed by atoms with Crippen LogP contribution in [0.1, 0.15) is 24.1 Å². The molecule has 116 valence electrons. The molecule has 0 aliphatic carbocycles. The molecular formula is C17H17ClFNOS. The zero-order valence-electron chi connectivity index (χ0n) is 12.2. The predicted octanol–water partition coefficient (Wildman–Crippen LogP) is 4.59. The first-order valence-electron chi connectivity index (χ1n) is 6.91. The maximum Gasteiger partial charge on any atom is 0.230 e. The van der Waals surface area contributed by atoms with E-state index in [-0.39, 0.29) is 17.8 Å². The minimum absolute atomic E-state index is 0.0282. The Morgan fingerprint density at radius 1 is 1.27 bits per heavy atom. The van der Waals surface area contributed by atoms with Crippen LogP contribution in [0.25, 0.3) is 0 Å². The van der Waals surface area contributed by atoms with Gasteiger partial charge in [0.1, 0.15) is 5.82 Å². The number of thioether (sulfide) groups is 1. The minimum atomic E-state index is -0.248. The van der Waals surface area contributed by atoms with Crippen molar-refractivity contribution in [3.8, 4) is 0 Å². The molecule has 0 heterocycles. The molecule has 2 rings (SSSR count). The van der Waals surface area contributed by atoms with E-state index < -0.39 is 0 Å². The van der Waals surface area contributed by atoms with Gasteiger partial charge in [-0.25, -0.2) is 4.39 Å². The van der Waals surface area contributed by atoms with Gasteiger partial charge < -0.3 is 5.32 Å². The van der Waals surface area contributed by atoms with Gasteiger partial charge in [0, 0.05) is 10.8 Å². The monoisotopic (exact) mass is 337 g/mol. The Balaban J connectivity index is 1.76. The topological polar surface area (TPSA) is 29.1 Å². The molecule has 2 aromatic carbocycles. The fourth-order valence-corrected chi connectivity index (χ4v) is 2.98. The molecule has 0 aliphatic heterocycles. The molecule has 1 N–H and O–H groups in total. The van der Waals surface area contributed by atoms with E-state index in [1.54, 1.807) is 18.2 Å². The average Bonchev–Trinajstić information content (AvgIpc) is 2.49. The number of carbonyl (C=O) groups excluding carboxylic acids is 1. The van der Waals surface area contributed by atoms with Gasteiger partial charge in [-0.15, -0.1) is 11.8 Å². The lowest BCUT2D eigenvalue weighted by Crippen LogP contribution is -2.28. The van der Waals surface area contributed by atoms with Crippen molar-refractivity contribution < 1.29 is 9.18 Å². The molecule has 0 fully saturated rings. The maximum atomic E-state index is 12.8. The van der Waals surface area contributed by atoms with Crippen LogP contribution in [-0.4, -0.2) is 11.7 Å². The van der Waals surface area contributed by atoms with Crippen molar-refractivity contribution in [3.05, 3.63) is 70.5 Å². The van der Waals surface area contributed by atoms with E-state index in [4.69, 9.17) is 11.6 Å². The Morgan fingerprint density at radius 3 is 2.68 bits per heavy atom. The Kier molecular flexibility index (Phi) is 6.28. The highest BCUT2D eigenvalue weighted by Crippen LogP contribution is 2.18. The Morgan fingerprint density at radius 2 is 2.00 bits per heavy atom. The van der Waals surface area contributed by atoms with Crippen molar-refractivity contribution in [2.24, 2.45) is 0 Å². The van der Waals surface area contributed by atoms with Gasteiger partial charge in [-0.2, -0.15) is 0 Å². The van der Waals surface area contributed by atoms with Crippen molar-refractivity contribution in [3.63, 3.8) is 0 Å². The summed E-state index contributed by atoms with van der Waals surface area (Å²) in [6, 6.07) is 13.7. The number of carbonyl (C=O) groups is 1. The lowest BCUT2D eigenvalue weighted by atomic mass is 10.1. The van der Waals surface area contributed by atoms with Crippen molar-refractivity contribution in [2.45, 2.75) is 18.7 Å². The summed E-state index contributed by atoms with van der Waals surface area (Å²) in [5, 5.41) is 3.60. The van der Waals surface area contributed by atoms with Crippen molar-refractivity contribution >= 4 is 29.3 Å². The molecule has 0 radical (unpaired) electrons. The zero-order valence-corrected chi connectivity index (χ0v) is 13.8. The quantitative estimate of drug-likeness (QED) is 0.835. The summed E-state index contributed by atoms with van der Waals surface area (Å²) >= 11 is 7.44. The van der Waals surface area contributed by atoms with E-state index in [1.807, 2.05) is 25.1 Å². The highest BCUT2D eigenvalue weighted by molar-refractivity contribution is 7.99. The molecule has 1 atom stereocenters. The smallest absolute Gasteiger partial charge is 0.230 e. The molecule has 22 heavy (non-hydrogen) atoms. The van der Waals surface area contributed by atoms with Crippen LogP contribution in [0, 0.1) is 5.82 Å². The molecule has 0 saturated carbocycles. The van der Waals surface area contributed by atoms with Crippen LogP contribution in [0.15, 0.2) is 48.5 Å². The standard InChI is InChI=1S/C17H17ClFNOS/c1-12(14-3-2-4-15(18)9-14)20-17(21)11-22-10-13-5-7-16(19)8-6-13/h2-9,12H,10-11H2,1H3,(H,20,21)/t12-/m0/s1. The second-order valence-electron chi connectivity index (χ2n) is 4.96. The number of hydrogen-bond acceptors (Lipinski definition) is 2. The molecule has 0 unspecified atom stereocenters. The summed E-state index contributed by atoms with van der Waals surface area (Å²) < 4.78 is 12.8. The number of halogens is 2. The summed E-state index contributed by atoms with van der Waals surface area (Å²) in [5.41, 5.74) is 1.98. The van der Waals surface area contributed by atoms with E-state index in [0.717, 1.165) is 11.1 Å². The summed E-state index contributed by atoms with van der Waals surface area (Å²) in [7, 11) is 0. The first-order chi connectivity index (χ1) is 10.5. The number of rotatable bonds is 6. The summed E-state index contributed by atoms with van der Waals surface area (Å²) in [5.74, 6) is 0.767. The van der Waals surface area contributed by atoms with Crippen LogP contribution in [-0.2, 0) is 10.5 Å². The van der Waals surface area contributed by atoms with Gasteiger partial charge in [0.2, 0.25) is 5.91 Å². The molecule has 0 saturated heterocycles. The van der Waals surface area contributed by atoms with E-state index >= 15 is 0 Å². The van der Waals surface area contributed by atoms with E-state index in [0.29, 0.717) is 16.5 Å². The largest absolute Gasteiger partial charge is 0.349 e. The minimum Gasteiger partial charge on any atom is -0.349 e. The fraction of sp³-hybridized carbons (Fsp3) is 0.235. The van der Waals surface area contributed by atoms with Crippen LogP contribution in [0.2, 0.25) is 5.02 Å². The van der Waals surface area contributed by atoms with Gasteiger partial charge in [-0.1, -0.05) is 35.9 Å². The van der Waals surface area contributed by atoms with Crippen molar-refractivity contribution in [1.82, 2.24) is 5.32 Å². The van der Waals surface area contributed by atoms with Crippen LogP contribution >= 0.6 is 23.4 Å². The molecule has 2 aromatic rings. The fourth-order valence-electron chi connectivity index (χ4n) is 1.98. The first-order valence-corrected chi connectivity index (χ1v) is 8.45. The van der Waals surface area contributed by atoms with Crippen LogP contribution in [0.5, 0.6) is 0 Å². The van der Waals surface area contributed by atoms with Crippen LogP contribution < -0.4 is 5.32 Å². The third-order valence-electron chi connectivity index (χ3n) is 3.14. The van der Waals surface area contributed by atoms with Crippen molar-refractivity contribution in [2.75, 3.05) is 5.75 Å². The summed E-state index contributed by atoms with van der Waals surface area (Å²) in [4.78, 5) is 11.9. The van der Waals surface area contributed by atoms with E-state index in [9.17, 15) is 9.18 Å².